The number of hydrogen-bond acceptors (Lipinski definition) is 3. The molecule has 0 radical (unpaired) electrons. The topological polar surface area (TPSA) is 54.7 Å². The van der Waals surface area contributed by atoms with Gasteiger partial charge in [0.25, 0.3) is 0 Å². The Morgan fingerprint density at radius 1 is 1.26 bits per heavy atom. The van der Waals surface area contributed by atoms with Gasteiger partial charge >= 0.3 is 6.03 Å². The fourth-order valence-corrected chi connectivity index (χ4v) is 3.07. The summed E-state index contributed by atoms with van der Waals surface area (Å²) in [5, 5.41) is 3.14. The lowest BCUT2D eigenvalue weighted by molar-refractivity contribution is 0.0814. The Morgan fingerprint density at radius 3 is 2.91 bits per heavy atom. The van der Waals surface area contributed by atoms with Gasteiger partial charge in [-0.1, -0.05) is 24.3 Å². The number of benzene rings is 1. The molecular weight excluding hydrogens is 292 g/mol. The summed E-state index contributed by atoms with van der Waals surface area (Å²) >= 11 is 0. The Balaban J connectivity index is 1.48. The van der Waals surface area contributed by atoms with E-state index in [2.05, 4.69) is 17.4 Å². The number of carbonyl (C=O) groups is 1. The van der Waals surface area contributed by atoms with Crippen molar-refractivity contribution in [1.82, 2.24) is 10.2 Å². The van der Waals surface area contributed by atoms with Crippen LogP contribution in [0.5, 0.6) is 0 Å². The zero-order valence-electron chi connectivity index (χ0n) is 12.9. The largest absolute Gasteiger partial charge is 0.472 e. The average molecular weight is 312 g/mol. The fraction of sp³-hybridized carbons (Fsp3) is 0.389. The third-order valence-electron chi connectivity index (χ3n) is 4.45. The summed E-state index contributed by atoms with van der Waals surface area (Å²) in [4.78, 5) is 14.7. The third-order valence-corrected chi connectivity index (χ3v) is 4.45. The van der Waals surface area contributed by atoms with Crippen LogP contribution >= 0.6 is 0 Å². The van der Waals surface area contributed by atoms with Gasteiger partial charge in [-0.3, -0.25) is 0 Å². The van der Waals surface area contributed by atoms with Gasteiger partial charge in [0.1, 0.15) is 0 Å². The Kier molecular flexibility index (Phi) is 3.79. The monoisotopic (exact) mass is 312 g/mol. The van der Waals surface area contributed by atoms with Crippen molar-refractivity contribution < 1.29 is 13.9 Å². The predicted molar refractivity (Wildman–Crippen MR) is 84.6 cm³/mol. The third kappa shape index (κ3) is 3.10. The van der Waals surface area contributed by atoms with E-state index in [1.807, 2.05) is 23.1 Å². The number of rotatable bonds is 4. The highest BCUT2D eigenvalue weighted by atomic mass is 16.5. The van der Waals surface area contributed by atoms with E-state index >= 15 is 0 Å². The second-order valence-electron chi connectivity index (χ2n) is 6.21. The summed E-state index contributed by atoms with van der Waals surface area (Å²) in [5.74, 6) is 0. The molecule has 5 nitrogen and oxygen atoms in total. The van der Waals surface area contributed by atoms with Crippen LogP contribution < -0.4 is 5.32 Å². The first-order chi connectivity index (χ1) is 11.3. The van der Waals surface area contributed by atoms with Crippen molar-refractivity contribution in [2.75, 3.05) is 6.61 Å². The molecule has 2 amide bonds. The van der Waals surface area contributed by atoms with Crippen LogP contribution in [-0.4, -0.2) is 23.6 Å². The molecule has 1 unspecified atom stereocenters. The Labute approximate surface area is 135 Å². The molecule has 1 aliphatic heterocycles. The van der Waals surface area contributed by atoms with Crippen molar-refractivity contribution in [2.24, 2.45) is 0 Å². The van der Waals surface area contributed by atoms with Crippen molar-refractivity contribution in [2.45, 2.75) is 38.1 Å². The summed E-state index contributed by atoms with van der Waals surface area (Å²) in [7, 11) is 0. The van der Waals surface area contributed by atoms with Crippen molar-refractivity contribution in [3.05, 3.63) is 59.5 Å². The molecule has 2 aromatic rings. The van der Waals surface area contributed by atoms with Crippen molar-refractivity contribution in [3.63, 3.8) is 0 Å². The molecule has 2 heterocycles. The predicted octanol–water partition coefficient (Wildman–Crippen LogP) is 3.23. The zero-order valence-corrected chi connectivity index (χ0v) is 12.9. The lowest BCUT2D eigenvalue weighted by atomic mass is 9.99. The molecule has 0 spiro atoms. The van der Waals surface area contributed by atoms with Crippen molar-refractivity contribution in [1.29, 1.82) is 0 Å². The van der Waals surface area contributed by atoms with Crippen LogP contribution in [0.25, 0.3) is 0 Å². The van der Waals surface area contributed by atoms with E-state index < -0.39 is 0 Å². The van der Waals surface area contributed by atoms with Gasteiger partial charge in [-0.15, -0.1) is 0 Å². The van der Waals surface area contributed by atoms with E-state index in [0.717, 1.165) is 29.5 Å². The van der Waals surface area contributed by atoms with Crippen LogP contribution in [0.4, 0.5) is 4.79 Å². The molecule has 1 aliphatic carbocycles. The second kappa shape index (κ2) is 6.08. The van der Waals surface area contributed by atoms with E-state index in [0.29, 0.717) is 25.8 Å². The number of amides is 2. The van der Waals surface area contributed by atoms with Gasteiger partial charge < -0.3 is 19.4 Å². The van der Waals surface area contributed by atoms with Gasteiger partial charge in [0, 0.05) is 11.6 Å². The summed E-state index contributed by atoms with van der Waals surface area (Å²) in [6, 6.07) is 10.3. The number of fused-ring (bicyclic) bond motifs is 1. The minimum absolute atomic E-state index is 0.0287. The molecule has 5 heteroatoms. The van der Waals surface area contributed by atoms with Crippen LogP contribution in [0.1, 0.15) is 35.6 Å². The van der Waals surface area contributed by atoms with Gasteiger partial charge in [0.05, 0.1) is 38.3 Å². The Morgan fingerprint density at radius 2 is 2.13 bits per heavy atom. The molecule has 23 heavy (non-hydrogen) atoms. The van der Waals surface area contributed by atoms with E-state index in [1.165, 1.54) is 0 Å². The maximum absolute atomic E-state index is 12.8. The van der Waals surface area contributed by atoms with E-state index in [1.54, 1.807) is 12.5 Å². The van der Waals surface area contributed by atoms with Gasteiger partial charge in [-0.2, -0.15) is 0 Å². The first kappa shape index (κ1) is 14.3. The highest BCUT2D eigenvalue weighted by Crippen LogP contribution is 2.30. The van der Waals surface area contributed by atoms with Gasteiger partial charge in [-0.05, 0) is 30.0 Å². The number of ether oxygens (including phenoxy) is 1. The van der Waals surface area contributed by atoms with Gasteiger partial charge in [0.2, 0.25) is 0 Å². The molecule has 1 atom stereocenters. The maximum atomic E-state index is 12.8. The van der Waals surface area contributed by atoms with E-state index in [-0.39, 0.29) is 12.1 Å². The summed E-state index contributed by atoms with van der Waals surface area (Å²) in [6.07, 6.45) is 5.48. The SMILES string of the molecule is O=C(NC1COCc2ccccc21)N(Cc1ccoc1)C1CC1. The van der Waals surface area contributed by atoms with Crippen LogP contribution in [0, 0.1) is 0 Å². The molecule has 2 aliphatic rings. The fourth-order valence-electron chi connectivity index (χ4n) is 3.07. The van der Waals surface area contributed by atoms with Crippen LogP contribution in [0.15, 0.2) is 47.3 Å². The molecule has 1 aromatic carbocycles. The molecule has 0 bridgehead atoms. The standard InChI is InChI=1S/C18H20N2O3/c21-18(20(15-5-6-15)9-13-7-8-22-10-13)19-17-12-23-11-14-3-1-2-4-16(14)17/h1-4,7-8,10,15,17H,5-6,9,11-12H2,(H,19,21). The van der Waals surface area contributed by atoms with Crippen LogP contribution in [-0.2, 0) is 17.9 Å². The Bertz CT molecular complexity index is 679. The van der Waals surface area contributed by atoms with Gasteiger partial charge in [-0.25, -0.2) is 4.79 Å². The van der Waals surface area contributed by atoms with Crippen molar-refractivity contribution >= 4 is 6.03 Å². The van der Waals surface area contributed by atoms with E-state index in [9.17, 15) is 4.79 Å². The molecule has 4 rings (SSSR count). The molecule has 1 saturated carbocycles. The first-order valence-electron chi connectivity index (χ1n) is 8.05. The number of hydrogen-bond donors (Lipinski definition) is 1. The molecule has 1 fully saturated rings. The molecule has 0 saturated heterocycles. The zero-order chi connectivity index (χ0) is 15.6. The molecule has 120 valence electrons. The first-order valence-corrected chi connectivity index (χ1v) is 8.05. The Hall–Kier alpha value is -2.27. The smallest absolute Gasteiger partial charge is 0.318 e. The summed E-state index contributed by atoms with van der Waals surface area (Å²) in [5.41, 5.74) is 3.33. The van der Waals surface area contributed by atoms with Gasteiger partial charge in [0.15, 0.2) is 0 Å². The molecule has 1 N–H and O–H groups in total. The number of nitrogens with one attached hydrogen (secondary N) is 1. The number of carbonyl (C=O) groups excluding carboxylic acids is 1. The van der Waals surface area contributed by atoms with Crippen LogP contribution in [0.2, 0.25) is 0 Å². The summed E-state index contributed by atoms with van der Waals surface area (Å²) < 4.78 is 10.7. The minimum atomic E-state index is -0.0851. The average Bonchev–Trinajstić information content (AvgIpc) is 3.29. The lowest BCUT2D eigenvalue weighted by Crippen LogP contribution is -2.44. The summed E-state index contributed by atoms with van der Waals surface area (Å²) in [6.45, 7) is 1.72. The van der Waals surface area contributed by atoms with E-state index in [4.69, 9.17) is 9.15 Å². The quantitative estimate of drug-likeness (QED) is 0.943. The lowest BCUT2D eigenvalue weighted by Gasteiger charge is -2.30. The normalized spacial score (nSPS) is 19.9. The van der Waals surface area contributed by atoms with Crippen molar-refractivity contribution in [3.8, 4) is 0 Å². The van der Waals surface area contributed by atoms with Crippen LogP contribution in [0.3, 0.4) is 0 Å². The number of furan rings is 1. The molecular formula is C18H20N2O3. The number of nitrogens with zero attached hydrogens (tertiary/aromatic N) is 1. The maximum Gasteiger partial charge on any atom is 0.318 e. The highest BCUT2D eigenvalue weighted by molar-refractivity contribution is 5.75. The minimum Gasteiger partial charge on any atom is -0.472 e. The second-order valence-corrected chi connectivity index (χ2v) is 6.21. The molecule has 1 aromatic heterocycles. The number of urea groups is 1. The highest BCUT2D eigenvalue weighted by Gasteiger charge is 2.34.